The highest BCUT2D eigenvalue weighted by molar-refractivity contribution is 5.58. The Hall–Kier alpha value is -1.36. The molecule has 0 aliphatic heterocycles. The molecule has 0 saturated heterocycles. The lowest BCUT2D eigenvalue weighted by atomic mass is 9.76. The molecule has 1 saturated carbocycles. The standard InChI is InChI=1S/C16H28N4O/c1-4-6-13-14(17-3)18-11-19-15(13)20-16(10-21)8-5-7-12(2)9-16/h11-12,21H,4-10H2,1-3H3,(H2,17,18,19,20). The third kappa shape index (κ3) is 3.64. The van der Waals surface area contributed by atoms with Gasteiger partial charge in [-0.3, -0.25) is 0 Å². The molecule has 21 heavy (non-hydrogen) atoms. The van der Waals surface area contributed by atoms with Crippen LogP contribution in [0.1, 0.15) is 51.5 Å². The highest BCUT2D eigenvalue weighted by Crippen LogP contribution is 2.35. The fraction of sp³-hybridized carbons (Fsp3) is 0.750. The third-order valence-corrected chi connectivity index (χ3v) is 4.46. The van der Waals surface area contributed by atoms with Crippen LogP contribution in [0.25, 0.3) is 0 Å². The van der Waals surface area contributed by atoms with Gasteiger partial charge in [-0.15, -0.1) is 0 Å². The lowest BCUT2D eigenvalue weighted by Crippen LogP contribution is -2.46. The Morgan fingerprint density at radius 3 is 2.76 bits per heavy atom. The van der Waals surface area contributed by atoms with E-state index in [9.17, 15) is 5.11 Å². The number of hydrogen-bond acceptors (Lipinski definition) is 5. The molecule has 1 heterocycles. The van der Waals surface area contributed by atoms with Crippen molar-refractivity contribution in [3.05, 3.63) is 11.9 Å². The number of hydrogen-bond donors (Lipinski definition) is 3. The van der Waals surface area contributed by atoms with E-state index in [4.69, 9.17) is 0 Å². The maximum Gasteiger partial charge on any atom is 0.135 e. The van der Waals surface area contributed by atoms with Gasteiger partial charge in [0, 0.05) is 12.6 Å². The Labute approximate surface area is 127 Å². The number of nitrogens with zero attached hydrogens (tertiary/aromatic N) is 2. The van der Waals surface area contributed by atoms with E-state index >= 15 is 0 Å². The summed E-state index contributed by atoms with van der Waals surface area (Å²) in [5, 5.41) is 16.7. The van der Waals surface area contributed by atoms with Crippen molar-refractivity contribution in [3.63, 3.8) is 0 Å². The average molecular weight is 292 g/mol. The molecule has 2 rings (SSSR count). The molecule has 1 aliphatic rings. The first kappa shape index (κ1) is 16.0. The van der Waals surface area contributed by atoms with Gasteiger partial charge in [-0.1, -0.05) is 33.1 Å². The number of aliphatic hydroxyl groups excluding tert-OH is 1. The topological polar surface area (TPSA) is 70.1 Å². The second kappa shape index (κ2) is 7.07. The first-order valence-electron chi connectivity index (χ1n) is 8.05. The van der Waals surface area contributed by atoms with E-state index in [1.807, 2.05) is 7.05 Å². The van der Waals surface area contributed by atoms with Crippen molar-refractivity contribution < 1.29 is 5.11 Å². The van der Waals surface area contributed by atoms with Gasteiger partial charge in [-0.05, 0) is 25.2 Å². The van der Waals surface area contributed by atoms with Gasteiger partial charge in [-0.2, -0.15) is 0 Å². The van der Waals surface area contributed by atoms with Gasteiger partial charge in [-0.25, -0.2) is 9.97 Å². The van der Waals surface area contributed by atoms with Gasteiger partial charge < -0.3 is 15.7 Å². The predicted octanol–water partition coefficient (Wildman–Crippen LogP) is 2.82. The SMILES string of the molecule is CCCc1c(NC)ncnc1NC1(CO)CCCC(C)C1. The zero-order chi connectivity index (χ0) is 15.3. The highest BCUT2D eigenvalue weighted by atomic mass is 16.3. The summed E-state index contributed by atoms with van der Waals surface area (Å²) in [6.45, 7) is 4.57. The molecule has 1 aliphatic carbocycles. The van der Waals surface area contributed by atoms with Crippen molar-refractivity contribution in [2.45, 2.75) is 57.9 Å². The minimum Gasteiger partial charge on any atom is -0.394 e. The lowest BCUT2D eigenvalue weighted by molar-refractivity contribution is 0.149. The second-order valence-electron chi connectivity index (χ2n) is 6.31. The lowest BCUT2D eigenvalue weighted by Gasteiger charge is -2.40. The van der Waals surface area contributed by atoms with Crippen molar-refractivity contribution >= 4 is 11.6 Å². The third-order valence-electron chi connectivity index (χ3n) is 4.46. The van der Waals surface area contributed by atoms with Crippen LogP contribution in [-0.2, 0) is 6.42 Å². The van der Waals surface area contributed by atoms with Gasteiger partial charge in [0.25, 0.3) is 0 Å². The molecule has 3 N–H and O–H groups in total. The van der Waals surface area contributed by atoms with Crippen molar-refractivity contribution in [3.8, 4) is 0 Å². The van der Waals surface area contributed by atoms with Crippen molar-refractivity contribution in [1.82, 2.24) is 9.97 Å². The van der Waals surface area contributed by atoms with Gasteiger partial charge in [0.1, 0.15) is 18.0 Å². The minimum absolute atomic E-state index is 0.155. The minimum atomic E-state index is -0.237. The van der Waals surface area contributed by atoms with Gasteiger partial charge >= 0.3 is 0 Å². The van der Waals surface area contributed by atoms with Crippen molar-refractivity contribution in [1.29, 1.82) is 0 Å². The Morgan fingerprint density at radius 1 is 1.38 bits per heavy atom. The van der Waals surface area contributed by atoms with Crippen LogP contribution in [0, 0.1) is 5.92 Å². The normalized spacial score (nSPS) is 25.6. The number of aromatic nitrogens is 2. The van der Waals surface area contributed by atoms with Crippen LogP contribution in [0.5, 0.6) is 0 Å². The van der Waals surface area contributed by atoms with Gasteiger partial charge in [0.2, 0.25) is 0 Å². The molecule has 2 atom stereocenters. The molecule has 0 spiro atoms. The number of anilines is 2. The smallest absolute Gasteiger partial charge is 0.135 e. The zero-order valence-corrected chi connectivity index (χ0v) is 13.4. The van der Waals surface area contributed by atoms with Crippen LogP contribution in [0.4, 0.5) is 11.6 Å². The molecular weight excluding hydrogens is 264 g/mol. The van der Waals surface area contributed by atoms with E-state index in [0.717, 1.165) is 49.3 Å². The summed E-state index contributed by atoms with van der Waals surface area (Å²) in [4.78, 5) is 8.75. The van der Waals surface area contributed by atoms with E-state index < -0.39 is 0 Å². The Kier molecular flexibility index (Phi) is 5.39. The molecule has 1 aromatic heterocycles. The van der Waals surface area contributed by atoms with E-state index in [0.29, 0.717) is 5.92 Å². The molecule has 0 amide bonds. The molecule has 0 radical (unpaired) electrons. The van der Waals surface area contributed by atoms with Crippen LogP contribution < -0.4 is 10.6 Å². The number of nitrogens with one attached hydrogen (secondary N) is 2. The molecular formula is C16H28N4O. The highest BCUT2D eigenvalue weighted by Gasteiger charge is 2.35. The Morgan fingerprint density at radius 2 is 2.14 bits per heavy atom. The monoisotopic (exact) mass is 292 g/mol. The van der Waals surface area contributed by atoms with E-state index in [1.54, 1.807) is 6.33 Å². The average Bonchev–Trinajstić information content (AvgIpc) is 2.49. The Bertz CT molecular complexity index is 466. The maximum absolute atomic E-state index is 9.95. The van der Waals surface area contributed by atoms with Gasteiger partial charge in [0.15, 0.2) is 0 Å². The molecule has 0 aromatic carbocycles. The Balaban J connectivity index is 2.28. The molecule has 5 heteroatoms. The fourth-order valence-corrected chi connectivity index (χ4v) is 3.43. The number of aliphatic hydroxyl groups is 1. The summed E-state index contributed by atoms with van der Waals surface area (Å²) >= 11 is 0. The quantitative estimate of drug-likeness (QED) is 0.752. The summed E-state index contributed by atoms with van der Waals surface area (Å²) in [6.07, 6.45) is 7.95. The molecule has 1 fully saturated rings. The first-order valence-corrected chi connectivity index (χ1v) is 8.05. The van der Waals surface area contributed by atoms with Crippen molar-refractivity contribution in [2.75, 3.05) is 24.3 Å². The van der Waals surface area contributed by atoms with Crippen molar-refractivity contribution in [2.24, 2.45) is 5.92 Å². The summed E-state index contributed by atoms with van der Waals surface area (Å²) in [6, 6.07) is 0. The molecule has 118 valence electrons. The predicted molar refractivity (Wildman–Crippen MR) is 86.6 cm³/mol. The summed E-state index contributed by atoms with van der Waals surface area (Å²) < 4.78 is 0. The number of rotatable bonds is 6. The summed E-state index contributed by atoms with van der Waals surface area (Å²) in [7, 11) is 1.88. The van der Waals surface area contributed by atoms with Crippen LogP contribution in [-0.4, -0.2) is 34.3 Å². The summed E-state index contributed by atoms with van der Waals surface area (Å²) in [5.41, 5.74) is 0.882. The maximum atomic E-state index is 9.95. The van der Waals surface area contributed by atoms with E-state index in [-0.39, 0.29) is 12.1 Å². The van der Waals surface area contributed by atoms with E-state index in [1.165, 1.54) is 6.42 Å². The molecule has 5 nitrogen and oxygen atoms in total. The van der Waals surface area contributed by atoms with Crippen LogP contribution in [0.15, 0.2) is 6.33 Å². The fourth-order valence-electron chi connectivity index (χ4n) is 3.43. The molecule has 1 aromatic rings. The molecule has 0 bridgehead atoms. The second-order valence-corrected chi connectivity index (χ2v) is 6.31. The van der Waals surface area contributed by atoms with Crippen LogP contribution >= 0.6 is 0 Å². The zero-order valence-electron chi connectivity index (χ0n) is 13.4. The first-order chi connectivity index (χ1) is 10.1. The summed E-state index contributed by atoms with van der Waals surface area (Å²) in [5.74, 6) is 2.39. The largest absolute Gasteiger partial charge is 0.394 e. The van der Waals surface area contributed by atoms with E-state index in [2.05, 4.69) is 34.4 Å². The van der Waals surface area contributed by atoms with Gasteiger partial charge in [0.05, 0.1) is 12.1 Å². The van der Waals surface area contributed by atoms with Crippen LogP contribution in [0.3, 0.4) is 0 Å². The van der Waals surface area contributed by atoms with Crippen LogP contribution in [0.2, 0.25) is 0 Å². The molecule has 2 unspecified atom stereocenters.